The van der Waals surface area contributed by atoms with Crippen molar-refractivity contribution in [2.75, 3.05) is 41.9 Å². The number of carbonyl (C=O) groups is 1. The number of imidazole rings is 1. The van der Waals surface area contributed by atoms with Crippen LogP contribution in [0.1, 0.15) is 31.1 Å². The smallest absolute Gasteiger partial charge is 0.254 e. The van der Waals surface area contributed by atoms with Gasteiger partial charge in [-0.25, -0.2) is 22.2 Å². The Morgan fingerprint density at radius 3 is 2.64 bits per heavy atom. The molecule has 0 aliphatic carbocycles. The molecule has 1 aliphatic rings. The molecule has 240 valence electrons. The summed E-state index contributed by atoms with van der Waals surface area (Å²) in [5.74, 6) is -2.34. The van der Waals surface area contributed by atoms with Crippen LogP contribution in [0.3, 0.4) is 0 Å². The van der Waals surface area contributed by atoms with Gasteiger partial charge in [0.05, 0.1) is 64.6 Å². The van der Waals surface area contributed by atoms with E-state index in [0.717, 1.165) is 17.8 Å². The van der Waals surface area contributed by atoms with Gasteiger partial charge in [0.25, 0.3) is 5.91 Å². The molecule has 4 heterocycles. The van der Waals surface area contributed by atoms with E-state index in [1.165, 1.54) is 16.8 Å². The number of fused-ring (bicyclic) bond motifs is 1. The van der Waals surface area contributed by atoms with Crippen LogP contribution in [0.25, 0.3) is 16.8 Å². The van der Waals surface area contributed by atoms with Gasteiger partial charge in [0.15, 0.2) is 0 Å². The highest BCUT2D eigenvalue weighted by molar-refractivity contribution is 7.90. The first-order valence-electron chi connectivity index (χ1n) is 14.5. The molecule has 3 aromatic heterocycles. The lowest BCUT2D eigenvalue weighted by molar-refractivity contribution is 0.00183. The molecule has 1 fully saturated rings. The van der Waals surface area contributed by atoms with E-state index >= 15 is 4.39 Å². The van der Waals surface area contributed by atoms with E-state index in [2.05, 4.69) is 30.6 Å². The second-order valence-electron chi connectivity index (χ2n) is 11.6. The lowest BCUT2D eigenvalue weighted by Crippen LogP contribution is -2.57. The maximum absolute atomic E-state index is 15.5. The second kappa shape index (κ2) is 13.0. The van der Waals surface area contributed by atoms with Gasteiger partial charge in [-0.1, -0.05) is 6.92 Å². The van der Waals surface area contributed by atoms with Crippen LogP contribution in [0.5, 0.6) is 0 Å². The number of carbonyl (C=O) groups excluding carboxylic acids is 1. The zero-order valence-electron chi connectivity index (χ0n) is 25.4. The SMILES string of the molecule is CC(C)NC(=O)c1ccc(F)c(-c2ccc3cnc(Nc4cnccc4N4C[C@@H](N)[C@@H](OCCS(C)(=O)=O)[C@@H](C)C4)n3n2)c1F. The molecule has 15 heteroatoms. The zero-order valence-corrected chi connectivity index (χ0v) is 26.2. The minimum Gasteiger partial charge on any atom is -0.375 e. The number of halogens is 2. The molecule has 0 bridgehead atoms. The highest BCUT2D eigenvalue weighted by Crippen LogP contribution is 2.33. The summed E-state index contributed by atoms with van der Waals surface area (Å²) in [6.07, 6.45) is 5.70. The quantitative estimate of drug-likeness (QED) is 0.235. The summed E-state index contributed by atoms with van der Waals surface area (Å²) in [5, 5.41) is 10.3. The molecule has 4 aromatic rings. The lowest BCUT2D eigenvalue weighted by atomic mass is 9.92. The number of hydrogen-bond acceptors (Lipinski definition) is 10. The van der Waals surface area contributed by atoms with E-state index in [-0.39, 0.29) is 53.7 Å². The molecule has 45 heavy (non-hydrogen) atoms. The van der Waals surface area contributed by atoms with Gasteiger partial charge in [0.1, 0.15) is 21.5 Å². The Morgan fingerprint density at radius 2 is 1.93 bits per heavy atom. The third kappa shape index (κ3) is 7.21. The van der Waals surface area contributed by atoms with Crippen LogP contribution < -0.4 is 21.3 Å². The van der Waals surface area contributed by atoms with Gasteiger partial charge in [-0.3, -0.25) is 9.78 Å². The monoisotopic (exact) mass is 642 g/mol. The summed E-state index contributed by atoms with van der Waals surface area (Å²) < 4.78 is 60.8. The maximum atomic E-state index is 15.5. The highest BCUT2D eigenvalue weighted by atomic mass is 32.2. The predicted octanol–water partition coefficient (Wildman–Crippen LogP) is 3.16. The van der Waals surface area contributed by atoms with E-state index in [1.54, 1.807) is 38.5 Å². The topological polar surface area (TPSA) is 157 Å². The predicted molar refractivity (Wildman–Crippen MR) is 167 cm³/mol. The summed E-state index contributed by atoms with van der Waals surface area (Å²) >= 11 is 0. The van der Waals surface area contributed by atoms with Crippen LogP contribution in [-0.4, -0.2) is 83.8 Å². The molecule has 12 nitrogen and oxygen atoms in total. The molecule has 0 spiro atoms. The highest BCUT2D eigenvalue weighted by Gasteiger charge is 2.34. The third-order valence-corrected chi connectivity index (χ3v) is 8.38. The Balaban J connectivity index is 1.41. The average molecular weight is 643 g/mol. The van der Waals surface area contributed by atoms with Crippen molar-refractivity contribution in [3.8, 4) is 11.3 Å². The number of rotatable bonds is 10. The molecular formula is C30H36F2N8O4S. The summed E-state index contributed by atoms with van der Waals surface area (Å²) in [6, 6.07) is 6.46. The molecule has 1 aromatic carbocycles. The Morgan fingerprint density at radius 1 is 1.16 bits per heavy atom. The van der Waals surface area contributed by atoms with E-state index in [0.29, 0.717) is 24.3 Å². The second-order valence-corrected chi connectivity index (χ2v) is 13.8. The van der Waals surface area contributed by atoms with E-state index < -0.39 is 32.9 Å². The molecule has 4 N–H and O–H groups in total. The molecule has 1 aliphatic heterocycles. The fourth-order valence-electron chi connectivity index (χ4n) is 5.41. The number of nitrogens with zero attached hydrogens (tertiary/aromatic N) is 5. The molecule has 0 radical (unpaired) electrons. The Hall–Kier alpha value is -4.21. The van der Waals surface area contributed by atoms with Crippen molar-refractivity contribution in [2.24, 2.45) is 11.7 Å². The fourth-order valence-corrected chi connectivity index (χ4v) is 5.81. The van der Waals surface area contributed by atoms with Crippen LogP contribution >= 0.6 is 0 Å². The Labute approximate surface area is 259 Å². The number of anilines is 3. The number of aromatic nitrogens is 4. The van der Waals surface area contributed by atoms with Gasteiger partial charge in [-0.15, -0.1) is 0 Å². The number of nitrogens with one attached hydrogen (secondary N) is 2. The van der Waals surface area contributed by atoms with Gasteiger partial charge in [0, 0.05) is 43.5 Å². The van der Waals surface area contributed by atoms with Crippen LogP contribution in [-0.2, 0) is 14.6 Å². The van der Waals surface area contributed by atoms with Crippen LogP contribution in [0.2, 0.25) is 0 Å². The number of piperidine rings is 1. The van der Waals surface area contributed by atoms with Gasteiger partial charge in [0.2, 0.25) is 5.95 Å². The largest absolute Gasteiger partial charge is 0.375 e. The fraction of sp³-hybridized carbons (Fsp3) is 0.400. The Bertz CT molecular complexity index is 1800. The van der Waals surface area contributed by atoms with Crippen molar-refractivity contribution in [3.63, 3.8) is 0 Å². The van der Waals surface area contributed by atoms with Gasteiger partial charge in [-0.2, -0.15) is 9.61 Å². The number of amides is 1. The molecule has 1 saturated heterocycles. The van der Waals surface area contributed by atoms with Crippen LogP contribution in [0.15, 0.2) is 48.9 Å². The van der Waals surface area contributed by atoms with Gasteiger partial charge in [-0.05, 0) is 44.2 Å². The third-order valence-electron chi connectivity index (χ3n) is 7.47. The molecule has 0 saturated carbocycles. The molecule has 0 unspecified atom stereocenters. The van der Waals surface area contributed by atoms with Crippen LogP contribution in [0, 0.1) is 17.6 Å². The minimum absolute atomic E-state index is 0.00557. The van der Waals surface area contributed by atoms with Gasteiger partial charge < -0.3 is 26.0 Å². The first-order chi connectivity index (χ1) is 21.3. The first kappa shape index (κ1) is 32.2. The van der Waals surface area contributed by atoms with Crippen LogP contribution in [0.4, 0.5) is 26.1 Å². The number of sulfone groups is 1. The minimum atomic E-state index is -3.15. The molecule has 3 atom stereocenters. The zero-order chi connectivity index (χ0) is 32.5. The summed E-state index contributed by atoms with van der Waals surface area (Å²) in [5.41, 5.74) is 7.69. The lowest BCUT2D eigenvalue weighted by Gasteiger charge is -2.42. The number of nitrogens with two attached hydrogens (primary N) is 1. The first-order valence-corrected chi connectivity index (χ1v) is 16.5. The summed E-state index contributed by atoms with van der Waals surface area (Å²) in [7, 11) is -3.15. The van der Waals surface area contributed by atoms with Crippen molar-refractivity contribution in [1.82, 2.24) is 24.9 Å². The number of hydrogen-bond donors (Lipinski definition) is 3. The van der Waals surface area contributed by atoms with Crippen molar-refractivity contribution in [1.29, 1.82) is 0 Å². The summed E-state index contributed by atoms with van der Waals surface area (Å²) in [4.78, 5) is 23.3. The van der Waals surface area contributed by atoms with Crippen molar-refractivity contribution >= 4 is 38.6 Å². The van der Waals surface area contributed by atoms with Crippen molar-refractivity contribution in [2.45, 2.75) is 39.0 Å². The molecule has 1 amide bonds. The van der Waals surface area contributed by atoms with Crippen molar-refractivity contribution < 1.29 is 26.7 Å². The molecule has 5 rings (SSSR count). The maximum Gasteiger partial charge on any atom is 0.254 e. The average Bonchev–Trinajstić information content (AvgIpc) is 3.35. The van der Waals surface area contributed by atoms with E-state index in [9.17, 15) is 17.6 Å². The number of ether oxygens (including phenoxy) is 1. The standard InChI is InChI=1S/C30H36F2N8O4S/c1-17(2)36-29(41)20-6-7-21(31)26(27(20)32)23-8-5-19-13-35-30(40(19)38-23)37-24-14-34-10-9-25(24)39-15-18(3)28(22(33)16-39)44-11-12-45(4,42)43/h5-10,13-14,17-18,22,28H,11-12,15-16,33H2,1-4H3,(H,35,37)(H,36,41)/t18-,22+,28-/m0/s1. The number of pyridine rings is 1. The van der Waals surface area contributed by atoms with Gasteiger partial charge >= 0.3 is 0 Å². The van der Waals surface area contributed by atoms with E-state index in [1.807, 2.05) is 13.0 Å². The Kier molecular flexibility index (Phi) is 9.32. The van der Waals surface area contributed by atoms with E-state index in [4.69, 9.17) is 10.5 Å². The number of benzene rings is 1. The van der Waals surface area contributed by atoms with Crippen molar-refractivity contribution in [3.05, 3.63) is 66.1 Å². The molecular weight excluding hydrogens is 606 g/mol. The normalized spacial score (nSPS) is 18.8. The summed E-state index contributed by atoms with van der Waals surface area (Å²) in [6.45, 7) is 6.59.